The van der Waals surface area contributed by atoms with E-state index >= 15 is 0 Å². The second-order valence-electron chi connectivity index (χ2n) is 9.64. The molecule has 1 amide bonds. The van der Waals surface area contributed by atoms with Gasteiger partial charge in [0.2, 0.25) is 11.6 Å². The van der Waals surface area contributed by atoms with E-state index in [2.05, 4.69) is 5.32 Å². The molecule has 7 nitrogen and oxygen atoms in total. The van der Waals surface area contributed by atoms with Crippen molar-refractivity contribution in [3.05, 3.63) is 51.6 Å². The predicted octanol–water partition coefficient (Wildman–Crippen LogP) is 5.57. The molecule has 1 aliphatic rings. The molecule has 2 heterocycles. The van der Waals surface area contributed by atoms with Crippen molar-refractivity contribution < 1.29 is 37.5 Å². The molecule has 36 heavy (non-hydrogen) atoms. The SMILES string of the molecule is CC(C)(CCCCC(=O)O)CC(=O)C(=O)c1c(Cl)c(C(=O)Nc2cc(F)c(F)c(F)c2)c2n1CCC2. The number of carbonyl (C=O) groups is 4. The quantitative estimate of drug-likeness (QED) is 0.172. The van der Waals surface area contributed by atoms with Gasteiger partial charge in [-0.25, -0.2) is 13.2 Å². The third-order valence-corrected chi connectivity index (χ3v) is 6.55. The lowest BCUT2D eigenvalue weighted by Gasteiger charge is -2.23. The van der Waals surface area contributed by atoms with E-state index in [9.17, 15) is 32.3 Å². The van der Waals surface area contributed by atoms with Crippen LogP contribution in [0, 0.1) is 22.9 Å². The van der Waals surface area contributed by atoms with Crippen molar-refractivity contribution in [2.45, 2.75) is 65.3 Å². The number of ketones is 2. The summed E-state index contributed by atoms with van der Waals surface area (Å²) in [5.74, 6) is -7.92. The van der Waals surface area contributed by atoms with Gasteiger partial charge in [-0.05, 0) is 31.1 Å². The Morgan fingerprint density at radius 2 is 1.75 bits per heavy atom. The number of hydrogen-bond acceptors (Lipinski definition) is 4. The third kappa shape index (κ3) is 5.98. The molecule has 3 rings (SSSR count). The van der Waals surface area contributed by atoms with Crippen LogP contribution in [0.4, 0.5) is 18.9 Å². The molecule has 0 radical (unpaired) electrons. The fraction of sp³-hybridized carbons (Fsp3) is 0.440. The van der Waals surface area contributed by atoms with Gasteiger partial charge in [0.05, 0.1) is 10.6 Å². The van der Waals surface area contributed by atoms with Gasteiger partial charge in [-0.15, -0.1) is 0 Å². The van der Waals surface area contributed by atoms with E-state index in [0.29, 0.717) is 56.5 Å². The molecule has 2 N–H and O–H groups in total. The molecule has 1 aromatic carbocycles. The van der Waals surface area contributed by atoms with E-state index in [0.717, 1.165) is 0 Å². The second-order valence-corrected chi connectivity index (χ2v) is 10.0. The molecule has 0 spiro atoms. The summed E-state index contributed by atoms with van der Waals surface area (Å²) in [6.07, 6.45) is 2.50. The summed E-state index contributed by atoms with van der Waals surface area (Å²) < 4.78 is 41.9. The fourth-order valence-corrected chi connectivity index (χ4v) is 4.82. The third-order valence-electron chi connectivity index (χ3n) is 6.18. The van der Waals surface area contributed by atoms with Crippen LogP contribution in [0.25, 0.3) is 0 Å². The Hall–Kier alpha value is -3.14. The summed E-state index contributed by atoms with van der Waals surface area (Å²) in [6, 6.07) is 1.24. The number of nitrogens with zero attached hydrogens (tertiary/aromatic N) is 1. The minimum absolute atomic E-state index is 0.0247. The van der Waals surface area contributed by atoms with Crippen LogP contribution in [0.2, 0.25) is 5.02 Å². The van der Waals surface area contributed by atoms with Gasteiger partial charge in [-0.2, -0.15) is 0 Å². The van der Waals surface area contributed by atoms with Gasteiger partial charge < -0.3 is 15.0 Å². The number of benzene rings is 1. The smallest absolute Gasteiger partial charge is 0.303 e. The van der Waals surface area contributed by atoms with Gasteiger partial charge in [-0.1, -0.05) is 31.9 Å². The average molecular weight is 527 g/mol. The van der Waals surface area contributed by atoms with Crippen molar-refractivity contribution in [1.82, 2.24) is 4.57 Å². The van der Waals surface area contributed by atoms with Crippen molar-refractivity contribution in [3.8, 4) is 0 Å². The Bertz CT molecular complexity index is 1220. The number of aromatic nitrogens is 1. The van der Waals surface area contributed by atoms with E-state index in [1.807, 2.05) is 13.8 Å². The number of carbonyl (C=O) groups excluding carboxylic acids is 3. The number of Topliss-reactive ketones (excluding diaryl/α,β-unsaturated/α-hetero) is 2. The molecule has 0 saturated heterocycles. The standard InChI is InChI=1S/C25H26ClF3N2O5/c1-25(2,8-4-3-7-18(33)34)12-17(32)23(35)22-20(26)19(16-6-5-9-31(16)22)24(36)30-13-10-14(27)21(29)15(28)11-13/h10-11H,3-9,12H2,1-2H3,(H,30,36)(H,33,34). The molecule has 2 aromatic rings. The number of amides is 1. The molecule has 0 aliphatic carbocycles. The first-order valence-electron chi connectivity index (χ1n) is 11.5. The molecule has 0 atom stereocenters. The van der Waals surface area contributed by atoms with Gasteiger partial charge in [0.1, 0.15) is 5.69 Å². The van der Waals surface area contributed by atoms with Crippen molar-refractivity contribution in [1.29, 1.82) is 0 Å². The number of hydrogen-bond donors (Lipinski definition) is 2. The molecule has 0 bridgehead atoms. The molecule has 0 saturated carbocycles. The van der Waals surface area contributed by atoms with Crippen LogP contribution in [0.15, 0.2) is 12.1 Å². The number of nitrogens with one attached hydrogen (secondary N) is 1. The zero-order valence-corrected chi connectivity index (χ0v) is 20.6. The van der Waals surface area contributed by atoms with Crippen LogP contribution in [-0.2, 0) is 22.6 Å². The molecular weight excluding hydrogens is 501 g/mol. The molecule has 1 aromatic heterocycles. The van der Waals surface area contributed by atoms with E-state index in [4.69, 9.17) is 16.7 Å². The topological polar surface area (TPSA) is 105 Å². The lowest BCUT2D eigenvalue weighted by atomic mass is 9.81. The second kappa shape index (κ2) is 10.9. The first-order valence-corrected chi connectivity index (χ1v) is 11.9. The number of rotatable bonds is 11. The highest BCUT2D eigenvalue weighted by Crippen LogP contribution is 2.36. The molecular formula is C25H26ClF3N2O5. The monoisotopic (exact) mass is 526 g/mol. The number of carboxylic acids is 1. The number of aliphatic carboxylic acids is 1. The van der Waals surface area contributed by atoms with E-state index in [-0.39, 0.29) is 34.8 Å². The van der Waals surface area contributed by atoms with E-state index in [1.54, 1.807) is 0 Å². The Balaban J connectivity index is 1.80. The molecule has 0 fully saturated rings. The summed E-state index contributed by atoms with van der Waals surface area (Å²) in [7, 11) is 0. The molecule has 1 aliphatic heterocycles. The van der Waals surface area contributed by atoms with Crippen LogP contribution >= 0.6 is 11.6 Å². The molecule has 0 unspecified atom stereocenters. The Labute approximate surface area is 210 Å². The van der Waals surface area contributed by atoms with Crippen LogP contribution in [0.3, 0.4) is 0 Å². The number of halogens is 4. The number of carboxylic acid groups (broad SMARTS) is 1. The predicted molar refractivity (Wildman–Crippen MR) is 126 cm³/mol. The van der Waals surface area contributed by atoms with Crippen molar-refractivity contribution in [3.63, 3.8) is 0 Å². The fourth-order valence-electron chi connectivity index (χ4n) is 4.43. The first kappa shape index (κ1) is 27.4. The van der Waals surface area contributed by atoms with Crippen LogP contribution in [-0.4, -0.2) is 33.1 Å². The Kier molecular flexibility index (Phi) is 8.28. The maximum Gasteiger partial charge on any atom is 0.303 e. The van der Waals surface area contributed by atoms with Crippen molar-refractivity contribution in [2.24, 2.45) is 5.41 Å². The average Bonchev–Trinajstić information content (AvgIpc) is 3.33. The summed E-state index contributed by atoms with van der Waals surface area (Å²) in [5, 5.41) is 10.8. The number of fused-ring (bicyclic) bond motifs is 1. The first-order chi connectivity index (χ1) is 16.8. The van der Waals surface area contributed by atoms with E-state index in [1.165, 1.54) is 4.57 Å². The zero-order chi connectivity index (χ0) is 26.8. The van der Waals surface area contributed by atoms with Crippen LogP contribution < -0.4 is 5.32 Å². The highest BCUT2D eigenvalue weighted by atomic mass is 35.5. The highest BCUT2D eigenvalue weighted by molar-refractivity contribution is 6.48. The van der Waals surface area contributed by atoms with Gasteiger partial charge in [0, 0.05) is 42.9 Å². The Morgan fingerprint density at radius 1 is 1.11 bits per heavy atom. The number of anilines is 1. The highest BCUT2D eigenvalue weighted by Gasteiger charge is 2.36. The Morgan fingerprint density at radius 3 is 2.36 bits per heavy atom. The summed E-state index contributed by atoms with van der Waals surface area (Å²) >= 11 is 6.42. The zero-order valence-electron chi connectivity index (χ0n) is 19.9. The van der Waals surface area contributed by atoms with E-state index < -0.39 is 46.3 Å². The van der Waals surface area contributed by atoms with Gasteiger partial charge >= 0.3 is 5.97 Å². The van der Waals surface area contributed by atoms with Gasteiger partial charge in [-0.3, -0.25) is 19.2 Å². The van der Waals surface area contributed by atoms with Crippen LogP contribution in [0.5, 0.6) is 0 Å². The van der Waals surface area contributed by atoms with Gasteiger partial charge in [0.15, 0.2) is 17.5 Å². The van der Waals surface area contributed by atoms with Gasteiger partial charge in [0.25, 0.3) is 5.91 Å². The normalized spacial score (nSPS) is 12.9. The summed E-state index contributed by atoms with van der Waals surface area (Å²) in [5.41, 5.74) is -0.667. The molecule has 194 valence electrons. The van der Waals surface area contributed by atoms with Crippen LogP contribution in [0.1, 0.15) is 78.9 Å². The lowest BCUT2D eigenvalue weighted by molar-refractivity contribution is -0.137. The minimum Gasteiger partial charge on any atom is -0.481 e. The molecule has 11 heteroatoms. The van der Waals surface area contributed by atoms with Crippen molar-refractivity contribution >= 4 is 40.7 Å². The minimum atomic E-state index is -1.67. The maximum atomic E-state index is 13.6. The number of unbranched alkanes of at least 4 members (excludes halogenated alkanes) is 1. The summed E-state index contributed by atoms with van der Waals surface area (Å²) in [6.45, 7) is 3.97. The summed E-state index contributed by atoms with van der Waals surface area (Å²) in [4.78, 5) is 49.7. The lowest BCUT2D eigenvalue weighted by Crippen LogP contribution is -2.25. The van der Waals surface area contributed by atoms with Crippen molar-refractivity contribution in [2.75, 3.05) is 5.32 Å². The largest absolute Gasteiger partial charge is 0.481 e. The maximum absolute atomic E-state index is 13.6.